The number of furan rings is 2. The van der Waals surface area contributed by atoms with Gasteiger partial charge in [-0.1, -0.05) is 0 Å². The SMILES string of the molecule is O=[N+]([O-])CC(=NCCSCc1ccc(CNCC(F)(F)F)o1)NCCSCc1ccc(CNCC(F)(F)F)o1. The summed E-state index contributed by atoms with van der Waals surface area (Å²) in [5.74, 6) is 4.38. The van der Waals surface area contributed by atoms with Crippen molar-refractivity contribution in [1.82, 2.24) is 16.0 Å². The van der Waals surface area contributed by atoms with Gasteiger partial charge in [-0.3, -0.25) is 15.1 Å². The highest BCUT2D eigenvalue weighted by Gasteiger charge is 2.27. The molecule has 39 heavy (non-hydrogen) atoms. The summed E-state index contributed by atoms with van der Waals surface area (Å²) in [6.45, 7) is -1.97. The van der Waals surface area contributed by atoms with E-state index in [9.17, 15) is 36.5 Å². The Balaban J connectivity index is 1.62. The third kappa shape index (κ3) is 16.4. The van der Waals surface area contributed by atoms with E-state index in [0.29, 0.717) is 59.1 Å². The molecular weight excluding hydrogens is 576 g/mol. The zero-order valence-corrected chi connectivity index (χ0v) is 22.3. The lowest BCUT2D eigenvalue weighted by molar-refractivity contribution is -0.463. The van der Waals surface area contributed by atoms with Crippen LogP contribution in [0.15, 0.2) is 38.1 Å². The number of nitro groups is 1. The first-order valence-corrected chi connectivity index (χ1v) is 13.9. The topological polar surface area (TPSA) is 118 Å². The highest BCUT2D eigenvalue weighted by molar-refractivity contribution is 7.98. The monoisotopic (exact) mass is 605 g/mol. The molecule has 0 aromatic carbocycles. The first-order chi connectivity index (χ1) is 18.4. The number of rotatable bonds is 18. The van der Waals surface area contributed by atoms with Gasteiger partial charge in [0.25, 0.3) is 6.54 Å². The van der Waals surface area contributed by atoms with E-state index in [1.165, 1.54) is 23.5 Å². The molecule has 0 aliphatic rings. The minimum atomic E-state index is -4.29. The molecule has 0 bridgehead atoms. The van der Waals surface area contributed by atoms with Crippen molar-refractivity contribution in [2.75, 3.05) is 44.2 Å². The predicted molar refractivity (Wildman–Crippen MR) is 137 cm³/mol. The molecule has 0 aliphatic carbocycles. The second kappa shape index (κ2) is 16.7. The van der Waals surface area contributed by atoms with Gasteiger partial charge < -0.3 is 24.8 Å². The number of nitrogens with zero attached hydrogens (tertiary/aromatic N) is 2. The number of alkyl halides is 6. The lowest BCUT2D eigenvalue weighted by Gasteiger charge is -2.07. The van der Waals surface area contributed by atoms with Crippen LogP contribution in [0.1, 0.15) is 23.0 Å². The smallest absolute Gasteiger partial charge is 0.401 e. The van der Waals surface area contributed by atoms with Crippen molar-refractivity contribution in [1.29, 1.82) is 0 Å². The fraction of sp³-hybridized carbons (Fsp3) is 0.591. The maximum Gasteiger partial charge on any atom is 0.401 e. The predicted octanol–water partition coefficient (Wildman–Crippen LogP) is 4.61. The summed E-state index contributed by atoms with van der Waals surface area (Å²) in [7, 11) is 0. The van der Waals surface area contributed by atoms with Crippen LogP contribution in [0.4, 0.5) is 26.3 Å². The Morgan fingerprint density at radius 1 is 0.846 bits per heavy atom. The summed E-state index contributed by atoms with van der Waals surface area (Å²) in [5.41, 5.74) is 0. The van der Waals surface area contributed by atoms with Crippen molar-refractivity contribution in [3.63, 3.8) is 0 Å². The Labute approximate surface area is 229 Å². The van der Waals surface area contributed by atoms with E-state index in [-0.39, 0.29) is 18.9 Å². The fourth-order valence-electron chi connectivity index (χ4n) is 2.99. The van der Waals surface area contributed by atoms with Crippen LogP contribution in [0.5, 0.6) is 0 Å². The van der Waals surface area contributed by atoms with Gasteiger partial charge in [0.05, 0.1) is 44.2 Å². The van der Waals surface area contributed by atoms with E-state index in [2.05, 4.69) is 20.9 Å². The Hall–Kier alpha value is -2.37. The second-order valence-corrected chi connectivity index (χ2v) is 10.2. The lowest BCUT2D eigenvalue weighted by atomic mass is 10.4. The number of aliphatic imine (C=N–C) groups is 1. The Bertz CT molecular complexity index is 1030. The van der Waals surface area contributed by atoms with Crippen LogP contribution < -0.4 is 16.0 Å². The average Bonchev–Trinajstić information content (AvgIpc) is 3.46. The molecule has 3 N–H and O–H groups in total. The number of halogens is 6. The number of hydrogen-bond donors (Lipinski definition) is 3. The number of hydrogen-bond acceptors (Lipinski definition) is 9. The van der Waals surface area contributed by atoms with Crippen LogP contribution >= 0.6 is 23.5 Å². The first-order valence-electron chi connectivity index (χ1n) is 11.6. The van der Waals surface area contributed by atoms with Crippen LogP contribution in [0.25, 0.3) is 0 Å². The molecule has 2 heterocycles. The van der Waals surface area contributed by atoms with E-state index in [4.69, 9.17) is 8.83 Å². The number of amidine groups is 1. The minimum absolute atomic E-state index is 0.0316. The van der Waals surface area contributed by atoms with Crippen molar-refractivity contribution in [3.8, 4) is 0 Å². The molecule has 0 aliphatic heterocycles. The summed E-state index contributed by atoms with van der Waals surface area (Å²) < 4.78 is 84.0. The van der Waals surface area contributed by atoms with Gasteiger partial charge in [0, 0.05) is 23.0 Å². The highest BCUT2D eigenvalue weighted by atomic mass is 32.2. The van der Waals surface area contributed by atoms with E-state index >= 15 is 0 Å². The second-order valence-electron chi connectivity index (χ2n) is 8.02. The molecule has 0 spiro atoms. The molecule has 0 radical (unpaired) electrons. The average molecular weight is 606 g/mol. The Kier molecular flexibility index (Phi) is 14.0. The van der Waals surface area contributed by atoms with Crippen molar-refractivity contribution >= 4 is 29.4 Å². The summed E-state index contributed by atoms with van der Waals surface area (Å²) in [6.07, 6.45) is -8.58. The van der Waals surface area contributed by atoms with E-state index in [1.54, 1.807) is 24.3 Å². The third-order valence-corrected chi connectivity index (χ3v) is 6.51. The van der Waals surface area contributed by atoms with Crippen LogP contribution in [0.3, 0.4) is 0 Å². The summed E-state index contributed by atoms with van der Waals surface area (Å²) >= 11 is 2.96. The largest absolute Gasteiger partial charge is 0.464 e. The van der Waals surface area contributed by atoms with Gasteiger partial charge in [-0.15, -0.1) is 0 Å². The third-order valence-electron chi connectivity index (χ3n) is 4.57. The van der Waals surface area contributed by atoms with Crippen molar-refractivity contribution in [2.45, 2.75) is 36.9 Å². The maximum absolute atomic E-state index is 12.2. The molecule has 2 aromatic heterocycles. The summed E-state index contributed by atoms with van der Waals surface area (Å²) in [6, 6.07) is 6.59. The molecule has 0 unspecified atom stereocenters. The van der Waals surface area contributed by atoms with Gasteiger partial charge in [0.15, 0.2) is 5.84 Å². The van der Waals surface area contributed by atoms with Crippen LogP contribution in [-0.2, 0) is 24.6 Å². The molecule has 2 aromatic rings. The van der Waals surface area contributed by atoms with E-state index < -0.39 is 36.9 Å². The van der Waals surface area contributed by atoms with Gasteiger partial charge in [0.2, 0.25) is 0 Å². The first kappa shape index (κ1) is 32.8. The molecule has 0 amide bonds. The molecule has 220 valence electrons. The van der Waals surface area contributed by atoms with Crippen molar-refractivity contribution in [3.05, 3.63) is 57.4 Å². The molecule has 9 nitrogen and oxygen atoms in total. The quantitative estimate of drug-likeness (QED) is 0.0559. The van der Waals surface area contributed by atoms with E-state index in [0.717, 1.165) is 0 Å². The highest BCUT2D eigenvalue weighted by Crippen LogP contribution is 2.18. The molecule has 0 fully saturated rings. The van der Waals surface area contributed by atoms with Gasteiger partial charge in [-0.25, -0.2) is 0 Å². The number of thioether (sulfide) groups is 2. The van der Waals surface area contributed by atoms with E-state index in [1.807, 2.05) is 0 Å². The van der Waals surface area contributed by atoms with Crippen molar-refractivity contribution in [2.24, 2.45) is 4.99 Å². The van der Waals surface area contributed by atoms with Crippen LogP contribution in [0, 0.1) is 10.1 Å². The maximum atomic E-state index is 12.2. The molecular formula is C22H29F6N5O4S2. The van der Waals surface area contributed by atoms with Crippen LogP contribution in [-0.4, -0.2) is 67.3 Å². The van der Waals surface area contributed by atoms with Gasteiger partial charge in [-0.2, -0.15) is 49.9 Å². The Morgan fingerprint density at radius 2 is 1.33 bits per heavy atom. The molecule has 17 heteroatoms. The zero-order chi connectivity index (χ0) is 28.7. The van der Waals surface area contributed by atoms with Gasteiger partial charge >= 0.3 is 12.4 Å². The molecule has 0 atom stereocenters. The minimum Gasteiger partial charge on any atom is -0.464 e. The van der Waals surface area contributed by atoms with Gasteiger partial charge in [-0.05, 0) is 24.3 Å². The number of nitrogens with one attached hydrogen (secondary N) is 3. The summed E-state index contributed by atoms with van der Waals surface area (Å²) in [4.78, 5) is 14.7. The molecule has 0 saturated carbocycles. The van der Waals surface area contributed by atoms with Gasteiger partial charge in [0.1, 0.15) is 23.0 Å². The standard InChI is InChI=1S/C22H29F6N5O4S2/c23-21(24,25)14-29-9-16-1-3-18(36-16)12-38-7-5-31-20(11-33(34)35)32-6-8-39-13-19-4-2-17(37-19)10-30-15-22(26,27)28/h1-4,29-30H,5-15H2,(H,31,32). The zero-order valence-electron chi connectivity index (χ0n) is 20.7. The molecule has 0 saturated heterocycles. The normalized spacial score (nSPS) is 12.7. The molecule has 2 rings (SSSR count). The summed E-state index contributed by atoms with van der Waals surface area (Å²) in [5, 5.41) is 18.4. The van der Waals surface area contributed by atoms with Crippen LogP contribution in [0.2, 0.25) is 0 Å². The van der Waals surface area contributed by atoms with Crippen molar-refractivity contribution < 1.29 is 40.1 Å². The lowest BCUT2D eigenvalue weighted by Crippen LogP contribution is -2.32. The fourth-order valence-corrected chi connectivity index (χ4v) is 4.46. The Morgan fingerprint density at radius 3 is 1.82 bits per heavy atom.